The van der Waals surface area contributed by atoms with Crippen molar-refractivity contribution in [2.75, 3.05) is 26.2 Å². The van der Waals surface area contributed by atoms with Crippen LogP contribution in [0.3, 0.4) is 0 Å². The van der Waals surface area contributed by atoms with Gasteiger partial charge in [-0.05, 0) is 31.9 Å². The van der Waals surface area contributed by atoms with Crippen LogP contribution in [0.5, 0.6) is 0 Å². The molecule has 1 aliphatic rings. The molecule has 0 unspecified atom stereocenters. The van der Waals surface area contributed by atoms with E-state index in [9.17, 15) is 4.79 Å². The van der Waals surface area contributed by atoms with Gasteiger partial charge in [0.2, 0.25) is 0 Å². The Morgan fingerprint density at radius 1 is 0.929 bits per heavy atom. The number of benzene rings is 2. The molecule has 0 aromatic heterocycles. The maximum atomic E-state index is 12.3. The van der Waals surface area contributed by atoms with Gasteiger partial charge in [-0.3, -0.25) is 14.6 Å². The summed E-state index contributed by atoms with van der Waals surface area (Å²) in [6.45, 7) is 10.9. The van der Waals surface area contributed by atoms with E-state index in [-0.39, 0.29) is 12.0 Å². The molecule has 4 nitrogen and oxygen atoms in total. The second-order valence-electron chi connectivity index (χ2n) is 8.68. The van der Waals surface area contributed by atoms with Crippen LogP contribution in [0, 0.1) is 5.41 Å². The number of hydrogen-bond donors (Lipinski definition) is 0. The first-order valence-electron chi connectivity index (χ1n) is 10.1. The van der Waals surface area contributed by atoms with Gasteiger partial charge in [0.25, 0.3) is 0 Å². The predicted molar refractivity (Wildman–Crippen MR) is 113 cm³/mol. The Balaban J connectivity index is 1.66. The standard InChI is InChI=1S/C24H32N2O2/c1-24(2,3)23(27)28-19-22-18-25(16-20-10-6-4-7-11-20)14-15-26(22)17-21-12-8-5-9-13-21/h4-13,22H,14-19H2,1-3H3/t22-/m1/s1. The van der Waals surface area contributed by atoms with Crippen LogP contribution >= 0.6 is 0 Å². The predicted octanol–water partition coefficient (Wildman–Crippen LogP) is 3.96. The van der Waals surface area contributed by atoms with Crippen LogP contribution in [0.4, 0.5) is 0 Å². The SMILES string of the molecule is CC(C)(C)C(=O)OC[C@H]1CN(Cc2ccccc2)CCN1Cc1ccccc1. The third-order valence-corrected chi connectivity index (χ3v) is 5.19. The quantitative estimate of drug-likeness (QED) is 0.710. The van der Waals surface area contributed by atoms with E-state index in [0.29, 0.717) is 6.61 Å². The normalized spacial score (nSPS) is 18.8. The van der Waals surface area contributed by atoms with Crippen LogP contribution in [0.15, 0.2) is 60.7 Å². The summed E-state index contributed by atoms with van der Waals surface area (Å²) < 4.78 is 5.71. The van der Waals surface area contributed by atoms with E-state index in [4.69, 9.17) is 4.74 Å². The van der Waals surface area contributed by atoms with Crippen LogP contribution in [-0.2, 0) is 22.6 Å². The van der Waals surface area contributed by atoms with Gasteiger partial charge in [0.15, 0.2) is 0 Å². The number of rotatable bonds is 6. The fraction of sp³-hybridized carbons (Fsp3) is 0.458. The van der Waals surface area contributed by atoms with E-state index in [1.807, 2.05) is 26.8 Å². The number of ether oxygens (including phenoxy) is 1. The lowest BCUT2D eigenvalue weighted by molar-refractivity contribution is -0.155. The molecule has 0 saturated carbocycles. The average molecular weight is 381 g/mol. The van der Waals surface area contributed by atoms with Gasteiger partial charge in [0, 0.05) is 32.7 Å². The number of esters is 1. The molecule has 1 atom stereocenters. The Morgan fingerprint density at radius 3 is 2.07 bits per heavy atom. The van der Waals surface area contributed by atoms with Crippen molar-refractivity contribution in [3.8, 4) is 0 Å². The van der Waals surface area contributed by atoms with Crippen LogP contribution in [0.1, 0.15) is 31.9 Å². The van der Waals surface area contributed by atoms with E-state index in [0.717, 1.165) is 32.7 Å². The second kappa shape index (κ2) is 9.35. The Labute approximate surface area is 169 Å². The molecule has 3 rings (SSSR count). The summed E-state index contributed by atoms with van der Waals surface area (Å²) in [5.74, 6) is -0.132. The molecular formula is C24H32N2O2. The van der Waals surface area contributed by atoms with E-state index in [1.165, 1.54) is 11.1 Å². The third kappa shape index (κ3) is 5.91. The van der Waals surface area contributed by atoms with Crippen molar-refractivity contribution in [2.24, 2.45) is 5.41 Å². The monoisotopic (exact) mass is 380 g/mol. The Morgan fingerprint density at radius 2 is 1.50 bits per heavy atom. The number of hydrogen-bond acceptors (Lipinski definition) is 4. The third-order valence-electron chi connectivity index (χ3n) is 5.19. The molecule has 0 amide bonds. The zero-order chi connectivity index (χ0) is 20.0. The zero-order valence-electron chi connectivity index (χ0n) is 17.3. The molecule has 0 N–H and O–H groups in total. The Kier molecular flexibility index (Phi) is 6.87. The lowest BCUT2D eigenvalue weighted by Crippen LogP contribution is -2.54. The minimum absolute atomic E-state index is 0.132. The summed E-state index contributed by atoms with van der Waals surface area (Å²) in [6, 6.07) is 21.3. The van der Waals surface area contributed by atoms with Gasteiger partial charge in [-0.15, -0.1) is 0 Å². The van der Waals surface area contributed by atoms with Crippen LogP contribution < -0.4 is 0 Å². The highest BCUT2D eigenvalue weighted by Crippen LogP contribution is 2.19. The zero-order valence-corrected chi connectivity index (χ0v) is 17.3. The maximum Gasteiger partial charge on any atom is 0.311 e. The molecule has 28 heavy (non-hydrogen) atoms. The van der Waals surface area contributed by atoms with Crippen molar-refractivity contribution in [1.82, 2.24) is 9.80 Å². The highest BCUT2D eigenvalue weighted by molar-refractivity contribution is 5.75. The largest absolute Gasteiger partial charge is 0.464 e. The molecule has 0 aliphatic carbocycles. The van der Waals surface area contributed by atoms with Gasteiger partial charge in [0.1, 0.15) is 6.61 Å². The van der Waals surface area contributed by atoms with Crippen LogP contribution in [-0.4, -0.2) is 48.1 Å². The topological polar surface area (TPSA) is 32.8 Å². The molecule has 1 fully saturated rings. The van der Waals surface area contributed by atoms with Crippen molar-refractivity contribution >= 4 is 5.97 Å². The van der Waals surface area contributed by atoms with Gasteiger partial charge >= 0.3 is 5.97 Å². The van der Waals surface area contributed by atoms with Gasteiger partial charge in [0.05, 0.1) is 11.5 Å². The molecule has 2 aromatic carbocycles. The van der Waals surface area contributed by atoms with E-state index in [1.54, 1.807) is 0 Å². The summed E-state index contributed by atoms with van der Waals surface area (Å²) in [5, 5.41) is 0. The molecule has 150 valence electrons. The van der Waals surface area contributed by atoms with E-state index >= 15 is 0 Å². The number of carbonyl (C=O) groups is 1. The minimum Gasteiger partial charge on any atom is -0.464 e. The first kappa shape index (κ1) is 20.6. The van der Waals surface area contributed by atoms with Gasteiger partial charge < -0.3 is 4.74 Å². The van der Waals surface area contributed by atoms with E-state index < -0.39 is 5.41 Å². The Hall–Kier alpha value is -2.17. The van der Waals surface area contributed by atoms with Crippen molar-refractivity contribution in [1.29, 1.82) is 0 Å². The lowest BCUT2D eigenvalue weighted by atomic mass is 9.97. The first-order chi connectivity index (χ1) is 13.4. The Bertz CT molecular complexity index is 740. The van der Waals surface area contributed by atoms with Crippen LogP contribution in [0.2, 0.25) is 0 Å². The van der Waals surface area contributed by atoms with E-state index in [2.05, 4.69) is 64.4 Å². The summed E-state index contributed by atoms with van der Waals surface area (Å²) in [4.78, 5) is 17.2. The highest BCUT2D eigenvalue weighted by Gasteiger charge is 2.30. The smallest absolute Gasteiger partial charge is 0.311 e. The summed E-state index contributed by atoms with van der Waals surface area (Å²) in [7, 11) is 0. The fourth-order valence-corrected chi connectivity index (χ4v) is 3.52. The average Bonchev–Trinajstić information content (AvgIpc) is 2.68. The molecule has 0 spiro atoms. The number of carbonyl (C=O) groups excluding carboxylic acids is 1. The molecule has 1 saturated heterocycles. The molecule has 1 aliphatic heterocycles. The molecular weight excluding hydrogens is 348 g/mol. The molecule has 0 radical (unpaired) electrons. The summed E-state index contributed by atoms with van der Waals surface area (Å²) >= 11 is 0. The maximum absolute atomic E-state index is 12.3. The molecule has 1 heterocycles. The minimum atomic E-state index is -0.470. The lowest BCUT2D eigenvalue weighted by Gasteiger charge is -2.41. The molecule has 2 aromatic rings. The van der Waals surface area contributed by atoms with Gasteiger partial charge in [-0.2, -0.15) is 0 Å². The molecule has 0 bridgehead atoms. The number of nitrogens with zero attached hydrogens (tertiary/aromatic N) is 2. The number of piperazine rings is 1. The fourth-order valence-electron chi connectivity index (χ4n) is 3.52. The van der Waals surface area contributed by atoms with Crippen molar-refractivity contribution < 1.29 is 9.53 Å². The van der Waals surface area contributed by atoms with Crippen LogP contribution in [0.25, 0.3) is 0 Å². The van der Waals surface area contributed by atoms with Gasteiger partial charge in [-0.1, -0.05) is 60.7 Å². The second-order valence-corrected chi connectivity index (χ2v) is 8.68. The summed E-state index contributed by atoms with van der Waals surface area (Å²) in [5.41, 5.74) is 2.15. The molecule has 4 heteroatoms. The van der Waals surface area contributed by atoms with Crippen molar-refractivity contribution in [2.45, 2.75) is 39.9 Å². The first-order valence-corrected chi connectivity index (χ1v) is 10.1. The van der Waals surface area contributed by atoms with Gasteiger partial charge in [-0.25, -0.2) is 0 Å². The van der Waals surface area contributed by atoms with Crippen molar-refractivity contribution in [3.05, 3.63) is 71.8 Å². The highest BCUT2D eigenvalue weighted by atomic mass is 16.5. The summed E-state index contributed by atoms with van der Waals surface area (Å²) in [6.07, 6.45) is 0. The van der Waals surface area contributed by atoms with Crippen molar-refractivity contribution in [3.63, 3.8) is 0 Å².